The molecule has 0 aliphatic carbocycles. The minimum atomic E-state index is -0.494. The van der Waals surface area contributed by atoms with Crippen molar-refractivity contribution >= 4 is 40.2 Å². The van der Waals surface area contributed by atoms with E-state index in [1.165, 1.54) is 12.1 Å². The molecule has 3 heterocycles. The molecule has 0 radical (unpaired) electrons. The summed E-state index contributed by atoms with van der Waals surface area (Å²) in [6.07, 6.45) is 1.30. The van der Waals surface area contributed by atoms with Crippen LogP contribution in [0.4, 0.5) is 4.39 Å². The molecule has 0 unspecified atom stereocenters. The van der Waals surface area contributed by atoms with Gasteiger partial charge in [0.05, 0.1) is 27.6 Å². The van der Waals surface area contributed by atoms with Crippen molar-refractivity contribution in [2.75, 3.05) is 13.1 Å². The van der Waals surface area contributed by atoms with E-state index in [4.69, 9.17) is 12.2 Å². The minimum Gasteiger partial charge on any atom is -0.338 e. The van der Waals surface area contributed by atoms with Gasteiger partial charge in [0.15, 0.2) is 4.77 Å². The van der Waals surface area contributed by atoms with Gasteiger partial charge in [-0.2, -0.15) is 0 Å². The Bertz CT molecular complexity index is 1360. The molecule has 7 nitrogen and oxygen atoms in total. The number of likely N-dealkylation sites (tertiary alicyclic amines) is 1. The molecule has 3 N–H and O–H groups in total. The molecule has 1 fully saturated rings. The summed E-state index contributed by atoms with van der Waals surface area (Å²) < 4.78 is 16.1. The Labute approximate surface area is 169 Å². The predicted octanol–water partition coefficient (Wildman–Crippen LogP) is 3.48. The van der Waals surface area contributed by atoms with Gasteiger partial charge in [0.25, 0.3) is 5.91 Å². The largest absolute Gasteiger partial charge is 0.338 e. The number of halogens is 1. The number of carbonyl (C=O) groups is 1. The molecular formula is C20H18FN5O2S. The van der Waals surface area contributed by atoms with E-state index in [0.717, 1.165) is 11.0 Å². The van der Waals surface area contributed by atoms with Crippen LogP contribution in [0.15, 0.2) is 41.2 Å². The molecule has 1 aliphatic rings. The van der Waals surface area contributed by atoms with E-state index in [9.17, 15) is 14.0 Å². The lowest BCUT2D eigenvalue weighted by Crippen LogP contribution is -2.40. The number of amides is 1. The number of rotatable bonds is 2. The first kappa shape index (κ1) is 17.9. The Morgan fingerprint density at radius 3 is 2.62 bits per heavy atom. The molecule has 5 rings (SSSR count). The van der Waals surface area contributed by atoms with Crippen molar-refractivity contribution in [1.29, 1.82) is 0 Å². The quantitative estimate of drug-likeness (QED) is 0.441. The van der Waals surface area contributed by atoms with Gasteiger partial charge in [-0.3, -0.25) is 9.36 Å². The zero-order chi connectivity index (χ0) is 20.1. The van der Waals surface area contributed by atoms with Crippen LogP contribution in [0.1, 0.15) is 29.2 Å². The number of nitrogens with zero attached hydrogens (tertiary/aromatic N) is 2. The zero-order valence-electron chi connectivity index (χ0n) is 15.4. The van der Waals surface area contributed by atoms with Crippen LogP contribution in [0.25, 0.3) is 22.1 Å². The van der Waals surface area contributed by atoms with Gasteiger partial charge in [-0.05, 0) is 49.3 Å². The summed E-state index contributed by atoms with van der Waals surface area (Å²) in [6.45, 7) is 0.969. The lowest BCUT2D eigenvalue weighted by molar-refractivity contribution is 0.0696. The van der Waals surface area contributed by atoms with Crippen molar-refractivity contribution < 1.29 is 9.18 Å². The van der Waals surface area contributed by atoms with Gasteiger partial charge in [0, 0.05) is 19.1 Å². The fourth-order valence-electron chi connectivity index (χ4n) is 4.21. The number of aromatic amines is 3. The van der Waals surface area contributed by atoms with Crippen LogP contribution in [0.3, 0.4) is 0 Å². The molecule has 1 aliphatic heterocycles. The van der Waals surface area contributed by atoms with E-state index in [0.29, 0.717) is 41.7 Å². The number of hydrogen-bond donors (Lipinski definition) is 3. The Morgan fingerprint density at radius 1 is 1.07 bits per heavy atom. The van der Waals surface area contributed by atoms with Gasteiger partial charge in [-0.15, -0.1) is 0 Å². The lowest BCUT2D eigenvalue weighted by Gasteiger charge is -2.32. The third-order valence-electron chi connectivity index (χ3n) is 5.56. The van der Waals surface area contributed by atoms with Crippen LogP contribution >= 0.6 is 12.2 Å². The molecule has 0 bridgehead atoms. The Balaban J connectivity index is 1.41. The third-order valence-corrected chi connectivity index (χ3v) is 5.77. The van der Waals surface area contributed by atoms with Crippen LogP contribution in [0.5, 0.6) is 0 Å². The van der Waals surface area contributed by atoms with Crippen LogP contribution in [0, 0.1) is 10.6 Å². The van der Waals surface area contributed by atoms with Gasteiger partial charge in [-0.25, -0.2) is 9.18 Å². The zero-order valence-corrected chi connectivity index (χ0v) is 16.2. The molecule has 1 saturated heterocycles. The maximum Gasteiger partial charge on any atom is 0.326 e. The van der Waals surface area contributed by atoms with E-state index >= 15 is 0 Å². The Hall–Kier alpha value is -3.20. The normalized spacial score (nSPS) is 15.4. The molecule has 4 aromatic rings. The van der Waals surface area contributed by atoms with Crippen LogP contribution < -0.4 is 5.69 Å². The average Bonchev–Trinajstić information content (AvgIpc) is 3.25. The highest BCUT2D eigenvalue weighted by Gasteiger charge is 2.28. The number of imidazole rings is 2. The fourth-order valence-corrected chi connectivity index (χ4v) is 4.42. The summed E-state index contributed by atoms with van der Waals surface area (Å²) in [7, 11) is 0. The van der Waals surface area contributed by atoms with Crippen LogP contribution in [-0.4, -0.2) is 43.4 Å². The van der Waals surface area contributed by atoms with E-state index in [1.54, 1.807) is 9.47 Å². The molecule has 2 aromatic heterocycles. The maximum absolute atomic E-state index is 14.0. The number of H-pyrrole nitrogens is 3. The number of para-hydroxylation sites is 2. The number of nitrogens with one attached hydrogen (secondary N) is 3. The van der Waals surface area contributed by atoms with E-state index in [-0.39, 0.29) is 23.2 Å². The first-order valence-electron chi connectivity index (χ1n) is 9.41. The van der Waals surface area contributed by atoms with Gasteiger partial charge in [0.1, 0.15) is 5.82 Å². The first-order valence-corrected chi connectivity index (χ1v) is 9.82. The Kier molecular flexibility index (Phi) is 4.13. The molecular weight excluding hydrogens is 393 g/mol. The number of hydrogen-bond acceptors (Lipinski definition) is 3. The van der Waals surface area contributed by atoms with E-state index < -0.39 is 5.82 Å². The Morgan fingerprint density at radius 2 is 1.83 bits per heavy atom. The molecule has 148 valence electrons. The number of fused-ring (bicyclic) bond motifs is 2. The molecule has 0 saturated carbocycles. The second-order valence-electron chi connectivity index (χ2n) is 7.30. The number of aromatic nitrogens is 4. The first-order chi connectivity index (χ1) is 14.0. The fraction of sp³-hybridized carbons (Fsp3) is 0.250. The second kappa shape index (κ2) is 6.70. The molecule has 9 heteroatoms. The predicted molar refractivity (Wildman–Crippen MR) is 110 cm³/mol. The van der Waals surface area contributed by atoms with Gasteiger partial charge in [0.2, 0.25) is 0 Å². The highest BCUT2D eigenvalue weighted by atomic mass is 32.1. The topological polar surface area (TPSA) is 89.7 Å². The standard InChI is InChI=1S/C20H18FN5O2S/c21-11-9-13(17-15(10-11)22-19(29)24-17)18(27)25-7-5-12(6-8-25)26-16-4-2-1-3-14(16)23-20(26)28/h1-4,9-10,12H,5-8H2,(H,23,28)(H2,22,24,29). The SMILES string of the molecule is O=C(c1cc(F)cc2[nH]c(=S)[nH]c12)N1CCC(n2c(=O)[nH]c3ccccc32)CC1. The monoisotopic (exact) mass is 411 g/mol. The highest BCUT2D eigenvalue weighted by molar-refractivity contribution is 7.71. The average molecular weight is 411 g/mol. The molecule has 0 atom stereocenters. The summed E-state index contributed by atoms with van der Waals surface area (Å²) >= 11 is 5.08. The molecule has 29 heavy (non-hydrogen) atoms. The summed E-state index contributed by atoms with van der Waals surface area (Å²) in [5.74, 6) is -0.740. The highest BCUT2D eigenvalue weighted by Crippen LogP contribution is 2.27. The number of carbonyl (C=O) groups excluding carboxylic acids is 1. The third kappa shape index (κ3) is 2.98. The van der Waals surface area contributed by atoms with Crippen LogP contribution in [0.2, 0.25) is 0 Å². The van der Waals surface area contributed by atoms with Gasteiger partial charge in [-0.1, -0.05) is 12.1 Å². The smallest absolute Gasteiger partial charge is 0.326 e. The summed E-state index contributed by atoms with van der Waals surface area (Å²) in [5, 5.41) is 0. The lowest BCUT2D eigenvalue weighted by atomic mass is 10.0. The van der Waals surface area contributed by atoms with Crippen molar-refractivity contribution in [2.24, 2.45) is 0 Å². The maximum atomic E-state index is 14.0. The molecule has 1 amide bonds. The summed E-state index contributed by atoms with van der Waals surface area (Å²) in [5.41, 5.74) is 2.78. The van der Waals surface area contributed by atoms with E-state index in [1.807, 2.05) is 24.3 Å². The molecule has 0 spiro atoms. The van der Waals surface area contributed by atoms with E-state index in [2.05, 4.69) is 15.0 Å². The second-order valence-corrected chi connectivity index (χ2v) is 7.70. The minimum absolute atomic E-state index is 0.00768. The van der Waals surface area contributed by atoms with Crippen molar-refractivity contribution in [3.05, 3.63) is 63.0 Å². The van der Waals surface area contributed by atoms with Gasteiger partial charge < -0.3 is 19.9 Å². The van der Waals surface area contributed by atoms with Crippen molar-refractivity contribution in [3.63, 3.8) is 0 Å². The summed E-state index contributed by atoms with van der Waals surface area (Å²) in [6, 6.07) is 10.1. The van der Waals surface area contributed by atoms with Crippen molar-refractivity contribution in [3.8, 4) is 0 Å². The van der Waals surface area contributed by atoms with Crippen molar-refractivity contribution in [2.45, 2.75) is 18.9 Å². The van der Waals surface area contributed by atoms with Gasteiger partial charge >= 0.3 is 5.69 Å². The number of benzene rings is 2. The number of piperidine rings is 1. The van der Waals surface area contributed by atoms with Crippen molar-refractivity contribution in [1.82, 2.24) is 24.4 Å². The summed E-state index contributed by atoms with van der Waals surface area (Å²) in [4.78, 5) is 35.9. The van der Waals surface area contributed by atoms with Crippen LogP contribution in [-0.2, 0) is 0 Å². The molecule has 2 aromatic carbocycles.